The molecule has 2 heterocycles. The number of amides is 2. The molecule has 1 fully saturated rings. The molecule has 7 heteroatoms. The predicted molar refractivity (Wildman–Crippen MR) is 103 cm³/mol. The zero-order valence-electron chi connectivity index (χ0n) is 16.1. The first-order chi connectivity index (χ1) is 13.1. The Hall–Kier alpha value is -2.41. The molecule has 2 amide bonds. The van der Waals surface area contributed by atoms with E-state index in [-0.39, 0.29) is 11.8 Å². The van der Waals surface area contributed by atoms with Crippen molar-refractivity contribution in [3.8, 4) is 0 Å². The number of piperazine rings is 1. The van der Waals surface area contributed by atoms with Crippen LogP contribution in [0, 0.1) is 0 Å². The van der Waals surface area contributed by atoms with Crippen molar-refractivity contribution in [3.63, 3.8) is 0 Å². The third kappa shape index (κ3) is 4.66. The van der Waals surface area contributed by atoms with Gasteiger partial charge >= 0.3 is 0 Å². The summed E-state index contributed by atoms with van der Waals surface area (Å²) in [6, 6.07) is 9.80. The number of hydrogen-bond acceptors (Lipinski definition) is 5. The smallest absolute Gasteiger partial charge is 0.266 e. The molecule has 1 saturated heterocycles. The number of carbonyl (C=O) groups is 2. The summed E-state index contributed by atoms with van der Waals surface area (Å²) in [6.07, 6.45) is -0.0344. The lowest BCUT2D eigenvalue weighted by Gasteiger charge is -2.35. The minimum atomic E-state index is -0.538. The fraction of sp³-hybridized carbons (Fsp3) is 0.550. The van der Waals surface area contributed by atoms with Gasteiger partial charge in [-0.15, -0.1) is 0 Å². The topological polar surface area (TPSA) is 65.5 Å². The molecule has 3 rings (SSSR count). The van der Waals surface area contributed by atoms with Gasteiger partial charge in [0.2, 0.25) is 12.0 Å². The first kappa shape index (κ1) is 19.4. The summed E-state index contributed by atoms with van der Waals surface area (Å²) in [4.78, 5) is 36.2. The fourth-order valence-electron chi connectivity index (χ4n) is 3.51. The van der Waals surface area contributed by atoms with Crippen LogP contribution in [-0.2, 0) is 14.4 Å². The summed E-state index contributed by atoms with van der Waals surface area (Å²) in [5, 5.41) is 4.10. The largest absolute Gasteiger partial charge is 0.382 e. The molecule has 2 aliphatic heterocycles. The van der Waals surface area contributed by atoms with Gasteiger partial charge in [0.25, 0.3) is 5.91 Å². The van der Waals surface area contributed by atoms with Crippen LogP contribution in [0.1, 0.15) is 25.8 Å². The second-order valence-electron chi connectivity index (χ2n) is 6.87. The maximum Gasteiger partial charge on any atom is 0.266 e. The maximum absolute atomic E-state index is 12.7. The van der Waals surface area contributed by atoms with E-state index in [0.717, 1.165) is 24.4 Å². The lowest BCUT2D eigenvalue weighted by atomic mass is 10.0. The first-order valence-corrected chi connectivity index (χ1v) is 9.69. The molecule has 1 aromatic rings. The molecule has 1 atom stereocenters. The van der Waals surface area contributed by atoms with E-state index in [1.54, 1.807) is 0 Å². The van der Waals surface area contributed by atoms with Gasteiger partial charge in [0.15, 0.2) is 0 Å². The minimum Gasteiger partial charge on any atom is -0.382 e. The summed E-state index contributed by atoms with van der Waals surface area (Å²) in [6.45, 7) is 8.51. The highest BCUT2D eigenvalue weighted by Crippen LogP contribution is 2.19. The molecule has 0 aromatic heterocycles. The Bertz CT molecular complexity index is 680. The zero-order valence-corrected chi connectivity index (χ0v) is 16.1. The molecule has 0 N–H and O–H groups in total. The van der Waals surface area contributed by atoms with Crippen molar-refractivity contribution in [3.05, 3.63) is 35.9 Å². The number of likely N-dealkylation sites (N-methyl/N-ethyl adjacent to an activating group) is 1. The summed E-state index contributed by atoms with van der Waals surface area (Å²) in [5.74, 6) is 0.138. The number of benzene rings is 1. The Morgan fingerprint density at radius 3 is 2.41 bits per heavy atom. The van der Waals surface area contributed by atoms with Gasteiger partial charge in [0.05, 0.1) is 12.3 Å². The van der Waals surface area contributed by atoms with Crippen molar-refractivity contribution < 1.29 is 14.4 Å². The summed E-state index contributed by atoms with van der Waals surface area (Å²) >= 11 is 0. The molecule has 7 nitrogen and oxygen atoms in total. The SMILES string of the molecule is CCN(CC)C(=O)CN1CCN(C(=O)C2CC(c3ccccc3)=NO2)CC1. The Morgan fingerprint density at radius 2 is 1.78 bits per heavy atom. The van der Waals surface area contributed by atoms with Crippen LogP contribution < -0.4 is 0 Å². The Morgan fingerprint density at radius 1 is 1.11 bits per heavy atom. The van der Waals surface area contributed by atoms with E-state index in [1.165, 1.54) is 0 Å². The lowest BCUT2D eigenvalue weighted by molar-refractivity contribution is -0.144. The van der Waals surface area contributed by atoms with E-state index in [2.05, 4.69) is 10.1 Å². The number of nitrogens with zero attached hydrogens (tertiary/aromatic N) is 4. The maximum atomic E-state index is 12.7. The van der Waals surface area contributed by atoms with Crippen molar-refractivity contribution in [1.29, 1.82) is 0 Å². The predicted octanol–water partition coefficient (Wildman–Crippen LogP) is 1.19. The molecule has 0 aliphatic carbocycles. The molecule has 0 saturated carbocycles. The van der Waals surface area contributed by atoms with Crippen LogP contribution in [0.15, 0.2) is 35.5 Å². The van der Waals surface area contributed by atoms with Crippen LogP contribution in [0.4, 0.5) is 0 Å². The van der Waals surface area contributed by atoms with Crippen molar-refractivity contribution >= 4 is 17.5 Å². The van der Waals surface area contributed by atoms with E-state index in [9.17, 15) is 9.59 Å². The monoisotopic (exact) mass is 372 g/mol. The minimum absolute atomic E-state index is 0.0144. The summed E-state index contributed by atoms with van der Waals surface area (Å²) < 4.78 is 0. The van der Waals surface area contributed by atoms with Crippen LogP contribution >= 0.6 is 0 Å². The summed E-state index contributed by atoms with van der Waals surface area (Å²) in [7, 11) is 0. The van der Waals surface area contributed by atoms with Crippen LogP contribution in [0.3, 0.4) is 0 Å². The molecule has 0 spiro atoms. The average Bonchev–Trinajstić information content (AvgIpc) is 3.20. The van der Waals surface area contributed by atoms with E-state index in [0.29, 0.717) is 39.1 Å². The number of carbonyl (C=O) groups excluding carboxylic acids is 2. The Labute approximate surface area is 160 Å². The van der Waals surface area contributed by atoms with Crippen molar-refractivity contribution in [2.45, 2.75) is 26.4 Å². The molecule has 0 radical (unpaired) electrons. The van der Waals surface area contributed by atoms with Crippen molar-refractivity contribution in [1.82, 2.24) is 14.7 Å². The van der Waals surface area contributed by atoms with Crippen LogP contribution in [0.5, 0.6) is 0 Å². The van der Waals surface area contributed by atoms with Gasteiger partial charge in [-0.25, -0.2) is 0 Å². The molecule has 1 aromatic carbocycles. The van der Waals surface area contributed by atoms with Crippen LogP contribution in [0.25, 0.3) is 0 Å². The van der Waals surface area contributed by atoms with Crippen molar-refractivity contribution in [2.24, 2.45) is 5.16 Å². The van der Waals surface area contributed by atoms with E-state index in [1.807, 2.05) is 54.0 Å². The van der Waals surface area contributed by atoms with E-state index in [4.69, 9.17) is 4.84 Å². The molecule has 1 unspecified atom stereocenters. The summed E-state index contributed by atoms with van der Waals surface area (Å²) in [5.41, 5.74) is 1.81. The first-order valence-electron chi connectivity index (χ1n) is 9.69. The number of rotatable bonds is 6. The van der Waals surface area contributed by atoms with Gasteiger partial charge in [0, 0.05) is 45.7 Å². The second kappa shape index (κ2) is 8.99. The molecule has 146 valence electrons. The normalized spacial score (nSPS) is 20.1. The second-order valence-corrected chi connectivity index (χ2v) is 6.87. The highest BCUT2D eigenvalue weighted by Gasteiger charge is 2.34. The van der Waals surface area contributed by atoms with E-state index < -0.39 is 6.10 Å². The third-order valence-corrected chi connectivity index (χ3v) is 5.21. The van der Waals surface area contributed by atoms with Gasteiger partial charge in [-0.3, -0.25) is 14.5 Å². The Balaban J connectivity index is 1.46. The molecule has 2 aliphatic rings. The molecule has 27 heavy (non-hydrogen) atoms. The molecular formula is C20H28N4O3. The van der Waals surface area contributed by atoms with Gasteiger partial charge in [-0.1, -0.05) is 35.5 Å². The zero-order chi connectivity index (χ0) is 19.2. The molecule has 0 bridgehead atoms. The molecular weight excluding hydrogens is 344 g/mol. The van der Waals surface area contributed by atoms with Gasteiger partial charge in [-0.2, -0.15) is 0 Å². The van der Waals surface area contributed by atoms with Crippen LogP contribution in [-0.4, -0.2) is 84.1 Å². The quantitative estimate of drug-likeness (QED) is 0.753. The van der Waals surface area contributed by atoms with Gasteiger partial charge < -0.3 is 14.6 Å². The van der Waals surface area contributed by atoms with E-state index >= 15 is 0 Å². The lowest BCUT2D eigenvalue weighted by Crippen LogP contribution is -2.53. The number of hydrogen-bond donors (Lipinski definition) is 0. The van der Waals surface area contributed by atoms with Gasteiger partial charge in [-0.05, 0) is 19.4 Å². The highest BCUT2D eigenvalue weighted by molar-refractivity contribution is 6.04. The van der Waals surface area contributed by atoms with Crippen LogP contribution in [0.2, 0.25) is 0 Å². The standard InChI is InChI=1S/C20H28N4O3/c1-3-23(4-2)19(25)15-22-10-12-24(13-11-22)20(26)18-14-17(21-27-18)16-8-6-5-7-9-16/h5-9,18H,3-4,10-15H2,1-2H3. The van der Waals surface area contributed by atoms with Gasteiger partial charge in [0.1, 0.15) is 0 Å². The average molecular weight is 372 g/mol. The number of oxime groups is 1. The Kier molecular flexibility index (Phi) is 6.45. The highest BCUT2D eigenvalue weighted by atomic mass is 16.6. The van der Waals surface area contributed by atoms with Crippen molar-refractivity contribution in [2.75, 3.05) is 45.8 Å². The third-order valence-electron chi connectivity index (χ3n) is 5.21. The fourth-order valence-corrected chi connectivity index (χ4v) is 3.51.